The summed E-state index contributed by atoms with van der Waals surface area (Å²) in [7, 11) is 7.27. The van der Waals surface area contributed by atoms with E-state index in [4.69, 9.17) is 14.5 Å². The van der Waals surface area contributed by atoms with Gasteiger partial charge in [-0.3, -0.25) is 9.67 Å². The zero-order chi connectivity index (χ0) is 18.9. The molecule has 7 nitrogen and oxygen atoms in total. The Labute approximate surface area is 155 Å². The van der Waals surface area contributed by atoms with Crippen molar-refractivity contribution in [3.63, 3.8) is 0 Å². The summed E-state index contributed by atoms with van der Waals surface area (Å²) in [6, 6.07) is 5.86. The maximum Gasteiger partial charge on any atom is 0.193 e. The number of aromatic nitrogens is 2. The minimum Gasteiger partial charge on any atom is -0.497 e. The molecule has 0 atom stereocenters. The molecule has 0 unspecified atom stereocenters. The van der Waals surface area contributed by atoms with E-state index in [0.717, 1.165) is 36.0 Å². The highest BCUT2D eigenvalue weighted by atomic mass is 16.5. The van der Waals surface area contributed by atoms with Crippen molar-refractivity contribution in [2.75, 3.05) is 34.4 Å². The van der Waals surface area contributed by atoms with E-state index in [9.17, 15) is 0 Å². The van der Waals surface area contributed by atoms with Gasteiger partial charge < -0.3 is 19.7 Å². The van der Waals surface area contributed by atoms with E-state index < -0.39 is 0 Å². The van der Waals surface area contributed by atoms with Crippen LogP contribution in [0.3, 0.4) is 0 Å². The van der Waals surface area contributed by atoms with Crippen LogP contribution in [0.15, 0.2) is 35.6 Å². The van der Waals surface area contributed by atoms with Crippen LogP contribution in [-0.2, 0) is 20.0 Å². The highest BCUT2D eigenvalue weighted by molar-refractivity contribution is 5.79. The lowest BCUT2D eigenvalue weighted by atomic mass is 10.2. The predicted molar refractivity (Wildman–Crippen MR) is 104 cm³/mol. The summed E-state index contributed by atoms with van der Waals surface area (Å²) in [5.74, 6) is 2.46. The Morgan fingerprint density at radius 1 is 1.31 bits per heavy atom. The molecule has 1 N–H and O–H groups in total. The van der Waals surface area contributed by atoms with Crippen molar-refractivity contribution in [2.24, 2.45) is 12.0 Å². The van der Waals surface area contributed by atoms with Gasteiger partial charge in [0.1, 0.15) is 11.5 Å². The molecular weight excluding hydrogens is 330 g/mol. The molecule has 2 rings (SSSR count). The molecule has 0 fully saturated rings. The van der Waals surface area contributed by atoms with Crippen LogP contribution in [0.25, 0.3) is 0 Å². The third-order valence-corrected chi connectivity index (χ3v) is 4.02. The molecule has 0 aliphatic heterocycles. The zero-order valence-electron chi connectivity index (χ0n) is 16.3. The molecule has 26 heavy (non-hydrogen) atoms. The number of aryl methyl sites for hydroxylation is 1. The number of guanidine groups is 1. The first kappa shape index (κ1) is 19.6. The van der Waals surface area contributed by atoms with E-state index in [1.807, 2.05) is 49.4 Å². The minimum absolute atomic E-state index is 0.686. The molecule has 0 aliphatic rings. The second-order valence-electron chi connectivity index (χ2n) is 6.04. The third kappa shape index (κ3) is 5.40. The fourth-order valence-electron chi connectivity index (χ4n) is 2.67. The van der Waals surface area contributed by atoms with Crippen LogP contribution >= 0.6 is 0 Å². The van der Waals surface area contributed by atoms with Crippen LogP contribution < -0.4 is 14.8 Å². The molecule has 142 valence electrons. The number of nitrogens with zero attached hydrogens (tertiary/aromatic N) is 4. The standard InChI is InChI=1S/C19H29N5O2/c1-6-20-19(21-10-9-15-12-22-24(3)13-15)23(2)14-16-7-8-17(25-4)11-18(16)26-5/h7-8,11-13H,6,9-10,14H2,1-5H3,(H,20,21). The summed E-state index contributed by atoms with van der Waals surface area (Å²) in [6.45, 7) is 4.28. The second kappa shape index (κ2) is 9.70. The first-order chi connectivity index (χ1) is 12.6. The number of ether oxygens (including phenoxy) is 2. The summed E-state index contributed by atoms with van der Waals surface area (Å²) in [5, 5.41) is 7.54. The van der Waals surface area contributed by atoms with E-state index in [2.05, 4.69) is 22.2 Å². The van der Waals surface area contributed by atoms with Gasteiger partial charge in [0.25, 0.3) is 0 Å². The van der Waals surface area contributed by atoms with Crippen LogP contribution in [0.4, 0.5) is 0 Å². The number of hydrogen-bond acceptors (Lipinski definition) is 4. The SMILES string of the molecule is CCNC(=NCCc1cnn(C)c1)N(C)Cc1ccc(OC)cc1OC. The molecule has 0 aliphatic carbocycles. The lowest BCUT2D eigenvalue weighted by Crippen LogP contribution is -2.38. The molecule has 0 radical (unpaired) electrons. The number of benzene rings is 1. The Bertz CT molecular complexity index is 726. The van der Waals surface area contributed by atoms with Gasteiger partial charge in [-0.2, -0.15) is 5.10 Å². The molecule has 0 amide bonds. The Morgan fingerprint density at radius 3 is 2.73 bits per heavy atom. The highest BCUT2D eigenvalue weighted by Gasteiger charge is 2.11. The van der Waals surface area contributed by atoms with Crippen molar-refractivity contribution in [3.8, 4) is 11.5 Å². The van der Waals surface area contributed by atoms with Crippen LogP contribution in [0.2, 0.25) is 0 Å². The molecule has 0 saturated carbocycles. The lowest BCUT2D eigenvalue weighted by molar-refractivity contribution is 0.382. The van der Waals surface area contributed by atoms with Crippen molar-refractivity contribution in [1.29, 1.82) is 0 Å². The molecule has 0 saturated heterocycles. The first-order valence-electron chi connectivity index (χ1n) is 8.75. The quantitative estimate of drug-likeness (QED) is 0.577. The average molecular weight is 359 g/mol. The zero-order valence-corrected chi connectivity index (χ0v) is 16.3. The highest BCUT2D eigenvalue weighted by Crippen LogP contribution is 2.25. The molecule has 1 aromatic heterocycles. The molecular formula is C19H29N5O2. The maximum absolute atomic E-state index is 5.49. The van der Waals surface area contributed by atoms with Crippen molar-refractivity contribution in [1.82, 2.24) is 20.0 Å². The Hall–Kier alpha value is -2.70. The van der Waals surface area contributed by atoms with Gasteiger partial charge in [-0.25, -0.2) is 0 Å². The second-order valence-corrected chi connectivity index (χ2v) is 6.04. The summed E-state index contributed by atoms with van der Waals surface area (Å²) < 4.78 is 12.6. The fourth-order valence-corrected chi connectivity index (χ4v) is 2.67. The van der Waals surface area contributed by atoms with Crippen molar-refractivity contribution in [3.05, 3.63) is 41.7 Å². The van der Waals surface area contributed by atoms with E-state index in [0.29, 0.717) is 13.1 Å². The van der Waals surface area contributed by atoms with Gasteiger partial charge in [0, 0.05) is 51.6 Å². The third-order valence-electron chi connectivity index (χ3n) is 4.02. The average Bonchev–Trinajstić information content (AvgIpc) is 3.06. The topological polar surface area (TPSA) is 63.9 Å². The van der Waals surface area contributed by atoms with Gasteiger partial charge >= 0.3 is 0 Å². The lowest BCUT2D eigenvalue weighted by Gasteiger charge is -2.23. The summed E-state index contributed by atoms with van der Waals surface area (Å²) in [4.78, 5) is 6.83. The van der Waals surface area contributed by atoms with Gasteiger partial charge in [0.05, 0.1) is 20.4 Å². The fraction of sp³-hybridized carbons (Fsp3) is 0.474. The van der Waals surface area contributed by atoms with E-state index in [-0.39, 0.29) is 0 Å². The van der Waals surface area contributed by atoms with Crippen LogP contribution in [0, 0.1) is 0 Å². The summed E-state index contributed by atoms with van der Waals surface area (Å²) in [6.07, 6.45) is 4.77. The number of rotatable bonds is 8. The van der Waals surface area contributed by atoms with E-state index in [1.54, 1.807) is 14.2 Å². The Morgan fingerprint density at radius 2 is 2.12 bits per heavy atom. The van der Waals surface area contributed by atoms with Crippen molar-refractivity contribution < 1.29 is 9.47 Å². The van der Waals surface area contributed by atoms with E-state index in [1.165, 1.54) is 5.56 Å². The van der Waals surface area contributed by atoms with Gasteiger partial charge in [-0.15, -0.1) is 0 Å². The predicted octanol–water partition coefficient (Wildman–Crippen LogP) is 2.08. The van der Waals surface area contributed by atoms with Gasteiger partial charge in [0.2, 0.25) is 0 Å². The van der Waals surface area contributed by atoms with E-state index >= 15 is 0 Å². The first-order valence-corrected chi connectivity index (χ1v) is 8.75. The molecule has 2 aromatic rings. The molecule has 7 heteroatoms. The largest absolute Gasteiger partial charge is 0.497 e. The number of nitrogens with one attached hydrogen (secondary N) is 1. The number of methoxy groups -OCH3 is 2. The smallest absolute Gasteiger partial charge is 0.193 e. The van der Waals surface area contributed by atoms with Crippen LogP contribution in [0.5, 0.6) is 11.5 Å². The molecule has 0 bridgehead atoms. The summed E-state index contributed by atoms with van der Waals surface area (Å²) >= 11 is 0. The monoisotopic (exact) mass is 359 g/mol. The molecule has 0 spiro atoms. The minimum atomic E-state index is 0.686. The van der Waals surface area contributed by atoms with Gasteiger partial charge in [-0.1, -0.05) is 0 Å². The van der Waals surface area contributed by atoms with Gasteiger partial charge in [-0.05, 0) is 31.0 Å². The normalized spacial score (nSPS) is 11.3. The van der Waals surface area contributed by atoms with Crippen molar-refractivity contribution >= 4 is 5.96 Å². The van der Waals surface area contributed by atoms with Crippen LogP contribution in [-0.4, -0.2) is 55.0 Å². The summed E-state index contributed by atoms with van der Waals surface area (Å²) in [5.41, 5.74) is 2.26. The maximum atomic E-state index is 5.49. The Kier molecular flexibility index (Phi) is 7.32. The number of hydrogen-bond donors (Lipinski definition) is 1. The van der Waals surface area contributed by atoms with Crippen molar-refractivity contribution in [2.45, 2.75) is 19.9 Å². The molecule has 1 heterocycles. The number of aliphatic imine (C=N–C) groups is 1. The Balaban J connectivity index is 2.05. The molecule has 1 aromatic carbocycles. The van der Waals surface area contributed by atoms with Crippen LogP contribution in [0.1, 0.15) is 18.1 Å². The van der Waals surface area contributed by atoms with Gasteiger partial charge in [0.15, 0.2) is 5.96 Å².